The lowest BCUT2D eigenvalue weighted by atomic mass is 10.1. The fourth-order valence-electron chi connectivity index (χ4n) is 6.36. The monoisotopic (exact) mass is 576 g/mol. The molecule has 1 aliphatic heterocycles. The Kier molecular flexibility index (Phi) is 6.28. The van der Waals surface area contributed by atoms with Crippen LogP contribution in [0.2, 0.25) is 18.1 Å². The van der Waals surface area contributed by atoms with Gasteiger partial charge in [0.25, 0.3) is 5.91 Å². The van der Waals surface area contributed by atoms with Gasteiger partial charge in [0.1, 0.15) is 12.2 Å². The number of carbonyl (C=O) groups excluding carboxylic acids is 2. The maximum Gasteiger partial charge on any atom is 0.433 e. The Bertz CT molecular complexity index is 1380. The second-order valence-electron chi connectivity index (χ2n) is 13.8. The standard InChI is InChI=1S/C29H39F3N4O3Si/c1-16-21-12-18(17-7-8-17)14-23(29(30,31)32)36(21)33-25(16)27(38)34-9-10-35(24(37)15-34)22-13-19-11-20(19)26(22)39-40(5,6)28(2,3)4/h12,14,17,19-20,22,26H,7-11,13,15H2,1-6H3/t19-,20-,22-,26-/m0/s1. The van der Waals surface area contributed by atoms with Crippen LogP contribution < -0.4 is 0 Å². The summed E-state index contributed by atoms with van der Waals surface area (Å²) in [6, 6.07) is 2.89. The Labute approximate surface area is 234 Å². The Balaban J connectivity index is 1.21. The van der Waals surface area contributed by atoms with E-state index in [1.54, 1.807) is 13.0 Å². The number of piperazine rings is 1. The third-order valence-electron chi connectivity index (χ3n) is 10.0. The molecule has 3 heterocycles. The molecule has 218 valence electrons. The largest absolute Gasteiger partial charge is 0.433 e. The first-order chi connectivity index (χ1) is 18.6. The lowest BCUT2D eigenvalue weighted by Gasteiger charge is -2.44. The van der Waals surface area contributed by atoms with Crippen LogP contribution in [0, 0.1) is 18.8 Å². The van der Waals surface area contributed by atoms with E-state index in [4.69, 9.17) is 4.43 Å². The van der Waals surface area contributed by atoms with Gasteiger partial charge in [-0.05, 0) is 86.2 Å². The highest BCUT2D eigenvalue weighted by molar-refractivity contribution is 6.74. The molecule has 3 aliphatic carbocycles. The first-order valence-electron chi connectivity index (χ1n) is 14.4. The topological polar surface area (TPSA) is 67.2 Å². The number of fused-ring (bicyclic) bond motifs is 2. The smallest absolute Gasteiger partial charge is 0.412 e. The van der Waals surface area contributed by atoms with Crippen LogP contribution in [0.3, 0.4) is 0 Å². The van der Waals surface area contributed by atoms with Crippen LogP contribution in [0.5, 0.6) is 0 Å². The SMILES string of the molecule is Cc1c(C(=O)N2CCN([C@H]3C[C@@H]4C[C@@H]4[C@@H]3O[Si](C)(C)C(C)(C)C)C(=O)C2)nn2c(C(F)(F)F)cc(C3CC3)cc12. The number of nitrogens with zero attached hydrogens (tertiary/aromatic N) is 4. The number of hydrogen-bond acceptors (Lipinski definition) is 4. The van der Waals surface area contributed by atoms with Gasteiger partial charge in [-0.15, -0.1) is 0 Å². The number of aryl methyl sites for hydroxylation is 1. The van der Waals surface area contributed by atoms with Crippen molar-refractivity contribution in [3.63, 3.8) is 0 Å². The van der Waals surface area contributed by atoms with Gasteiger partial charge in [0.05, 0.1) is 17.7 Å². The highest BCUT2D eigenvalue weighted by atomic mass is 28.4. The lowest BCUT2D eigenvalue weighted by molar-refractivity contribution is -0.142. The number of amides is 2. The Morgan fingerprint density at radius 3 is 2.40 bits per heavy atom. The average Bonchev–Trinajstić information content (AvgIpc) is 3.77. The molecule has 3 saturated carbocycles. The molecule has 0 spiro atoms. The molecule has 0 bridgehead atoms. The average molecular weight is 577 g/mol. The van der Waals surface area contributed by atoms with E-state index < -0.39 is 26.1 Å². The quantitative estimate of drug-likeness (QED) is 0.434. The van der Waals surface area contributed by atoms with Crippen molar-refractivity contribution < 1.29 is 27.2 Å². The van der Waals surface area contributed by atoms with Crippen molar-refractivity contribution in [2.24, 2.45) is 11.8 Å². The van der Waals surface area contributed by atoms with E-state index in [1.165, 1.54) is 4.90 Å². The molecule has 7 nitrogen and oxygen atoms in total. The second kappa shape index (κ2) is 9.05. The first-order valence-corrected chi connectivity index (χ1v) is 17.3. The zero-order chi connectivity index (χ0) is 28.9. The van der Waals surface area contributed by atoms with Crippen molar-refractivity contribution in [3.05, 3.63) is 34.6 Å². The number of carbonyl (C=O) groups is 2. The van der Waals surface area contributed by atoms with Crippen LogP contribution in [0.1, 0.15) is 79.7 Å². The summed E-state index contributed by atoms with van der Waals surface area (Å²) < 4.78 is 49.5. The molecule has 4 aliphatic rings. The first kappa shape index (κ1) is 27.8. The number of halogens is 3. The third kappa shape index (κ3) is 4.66. The number of hydrogen-bond donors (Lipinski definition) is 0. The molecule has 0 unspecified atom stereocenters. The summed E-state index contributed by atoms with van der Waals surface area (Å²) >= 11 is 0. The van der Waals surface area contributed by atoms with Crippen LogP contribution in [-0.4, -0.2) is 71.3 Å². The predicted octanol–water partition coefficient (Wildman–Crippen LogP) is 5.62. The summed E-state index contributed by atoms with van der Waals surface area (Å²) in [5, 5.41) is 4.22. The van der Waals surface area contributed by atoms with E-state index in [0.29, 0.717) is 41.6 Å². The molecule has 40 heavy (non-hydrogen) atoms. The minimum absolute atomic E-state index is 0.00902. The van der Waals surface area contributed by atoms with Gasteiger partial charge in [-0.25, -0.2) is 4.52 Å². The number of alkyl halides is 3. The van der Waals surface area contributed by atoms with Crippen molar-refractivity contribution in [1.29, 1.82) is 0 Å². The molecule has 4 fully saturated rings. The molecule has 1 saturated heterocycles. The molecular formula is C29H39F3N4O3Si. The van der Waals surface area contributed by atoms with Crippen molar-refractivity contribution in [3.8, 4) is 0 Å². The maximum absolute atomic E-state index is 13.9. The Hall–Kier alpha value is -2.40. The van der Waals surface area contributed by atoms with Gasteiger partial charge in [0.15, 0.2) is 14.0 Å². The molecule has 2 aromatic rings. The van der Waals surface area contributed by atoms with Crippen LogP contribution >= 0.6 is 0 Å². The molecular weight excluding hydrogens is 537 g/mol. The zero-order valence-electron chi connectivity index (χ0n) is 24.1. The van der Waals surface area contributed by atoms with Gasteiger partial charge >= 0.3 is 6.18 Å². The van der Waals surface area contributed by atoms with E-state index in [0.717, 1.165) is 36.3 Å². The van der Waals surface area contributed by atoms with E-state index >= 15 is 0 Å². The summed E-state index contributed by atoms with van der Waals surface area (Å²) in [6.07, 6.45) is -0.767. The predicted molar refractivity (Wildman–Crippen MR) is 147 cm³/mol. The van der Waals surface area contributed by atoms with Gasteiger partial charge in [-0.2, -0.15) is 18.3 Å². The van der Waals surface area contributed by atoms with Crippen molar-refractivity contribution in [2.75, 3.05) is 19.6 Å². The van der Waals surface area contributed by atoms with Gasteiger partial charge in [-0.3, -0.25) is 9.59 Å². The Morgan fingerprint density at radius 1 is 1.10 bits per heavy atom. The summed E-state index contributed by atoms with van der Waals surface area (Å²) in [5.74, 6) is 0.574. The van der Waals surface area contributed by atoms with Gasteiger partial charge < -0.3 is 14.2 Å². The normalized spacial score (nSPS) is 27.5. The highest BCUT2D eigenvalue weighted by Crippen LogP contribution is 2.56. The molecule has 6 rings (SSSR count). The summed E-state index contributed by atoms with van der Waals surface area (Å²) in [5.41, 5.74) is 0.436. The second-order valence-corrected chi connectivity index (χ2v) is 18.6. The minimum Gasteiger partial charge on any atom is -0.412 e. The lowest BCUT2D eigenvalue weighted by Crippen LogP contribution is -2.59. The highest BCUT2D eigenvalue weighted by Gasteiger charge is 2.58. The number of aromatic nitrogens is 2. The summed E-state index contributed by atoms with van der Waals surface area (Å²) in [4.78, 5) is 30.3. The minimum atomic E-state index is -4.60. The van der Waals surface area contributed by atoms with E-state index in [2.05, 4.69) is 39.0 Å². The molecule has 4 atom stereocenters. The molecule has 2 aromatic heterocycles. The van der Waals surface area contributed by atoms with Crippen LogP contribution in [0.15, 0.2) is 12.1 Å². The fourth-order valence-corrected chi connectivity index (χ4v) is 7.73. The van der Waals surface area contributed by atoms with E-state index in [-0.39, 0.29) is 41.2 Å². The van der Waals surface area contributed by atoms with Crippen molar-refractivity contribution >= 4 is 25.6 Å². The molecule has 2 amide bonds. The van der Waals surface area contributed by atoms with E-state index in [1.807, 2.05) is 4.90 Å². The van der Waals surface area contributed by atoms with Crippen molar-refractivity contribution in [2.45, 2.75) is 95.8 Å². The van der Waals surface area contributed by atoms with Crippen LogP contribution in [0.4, 0.5) is 13.2 Å². The summed E-state index contributed by atoms with van der Waals surface area (Å²) in [6.45, 7) is 13.4. The maximum atomic E-state index is 13.9. The molecule has 0 aromatic carbocycles. The summed E-state index contributed by atoms with van der Waals surface area (Å²) in [7, 11) is -2.03. The zero-order valence-corrected chi connectivity index (χ0v) is 25.1. The number of pyridine rings is 1. The Morgan fingerprint density at radius 2 is 1.80 bits per heavy atom. The van der Waals surface area contributed by atoms with E-state index in [9.17, 15) is 22.8 Å². The van der Waals surface area contributed by atoms with Gasteiger partial charge in [0, 0.05) is 18.7 Å². The molecule has 0 N–H and O–H groups in total. The van der Waals surface area contributed by atoms with Crippen molar-refractivity contribution in [1.82, 2.24) is 19.4 Å². The number of rotatable bonds is 5. The van der Waals surface area contributed by atoms with Gasteiger partial charge in [0.2, 0.25) is 5.91 Å². The third-order valence-corrected chi connectivity index (χ3v) is 14.5. The molecule has 0 radical (unpaired) electrons. The fraction of sp³-hybridized carbons (Fsp3) is 0.690. The van der Waals surface area contributed by atoms with Gasteiger partial charge in [-0.1, -0.05) is 20.8 Å². The van der Waals surface area contributed by atoms with Crippen LogP contribution in [-0.2, 0) is 15.4 Å². The molecule has 11 heteroatoms. The van der Waals surface area contributed by atoms with Crippen LogP contribution in [0.25, 0.3) is 5.52 Å².